The van der Waals surface area contributed by atoms with Gasteiger partial charge >= 0.3 is 0 Å². The highest BCUT2D eigenvalue weighted by Crippen LogP contribution is 2.34. The molecule has 0 spiro atoms. The number of pyridine rings is 1. The fourth-order valence-electron chi connectivity index (χ4n) is 4.40. The highest BCUT2D eigenvalue weighted by Gasteiger charge is 2.23. The number of hydrogen-bond donors (Lipinski definition) is 1. The Morgan fingerprint density at radius 3 is 2.39 bits per heavy atom. The maximum Gasteiger partial charge on any atom is 0.159 e. The molecule has 2 aromatic carbocycles. The topological polar surface area (TPSA) is 51.3 Å². The summed E-state index contributed by atoms with van der Waals surface area (Å²) in [6.45, 7) is 4.94. The predicted molar refractivity (Wildman–Crippen MR) is 137 cm³/mol. The van der Waals surface area contributed by atoms with Crippen molar-refractivity contribution in [3.63, 3.8) is 0 Å². The molecule has 0 aliphatic carbocycles. The molecule has 1 saturated heterocycles. The highest BCUT2D eigenvalue weighted by molar-refractivity contribution is 6.34. The first-order chi connectivity index (χ1) is 16.1. The average molecular weight is 461 g/mol. The molecule has 0 unspecified atom stereocenters. The third kappa shape index (κ3) is 4.68. The molecule has 170 valence electrons. The zero-order valence-electron chi connectivity index (χ0n) is 19.1. The fourth-order valence-corrected chi connectivity index (χ4v) is 4.66. The number of imidazole rings is 1. The van der Waals surface area contributed by atoms with Crippen molar-refractivity contribution >= 4 is 34.1 Å². The van der Waals surface area contributed by atoms with Crippen LogP contribution in [-0.2, 0) is 6.42 Å². The lowest BCUT2D eigenvalue weighted by Crippen LogP contribution is -2.47. The van der Waals surface area contributed by atoms with Crippen molar-refractivity contribution in [2.45, 2.75) is 6.42 Å². The zero-order chi connectivity index (χ0) is 22.8. The van der Waals surface area contributed by atoms with E-state index < -0.39 is 0 Å². The molecule has 1 fully saturated rings. The minimum Gasteiger partial charge on any atom is -0.378 e. The van der Waals surface area contributed by atoms with Gasteiger partial charge in [-0.05, 0) is 36.2 Å². The number of nitrogens with one attached hydrogen (secondary N) is 1. The van der Waals surface area contributed by atoms with E-state index in [1.54, 1.807) is 6.20 Å². The van der Waals surface area contributed by atoms with Gasteiger partial charge in [-0.2, -0.15) is 0 Å². The van der Waals surface area contributed by atoms with Gasteiger partial charge in [0, 0.05) is 58.1 Å². The molecule has 1 aliphatic heterocycles. The van der Waals surface area contributed by atoms with Crippen molar-refractivity contribution < 1.29 is 0 Å². The normalized spacial score (nSPS) is 14.7. The van der Waals surface area contributed by atoms with Crippen LogP contribution >= 0.6 is 11.6 Å². The number of benzene rings is 2. The Morgan fingerprint density at radius 2 is 1.70 bits per heavy atom. The van der Waals surface area contributed by atoms with E-state index in [1.165, 1.54) is 5.56 Å². The molecule has 5 rings (SSSR count). The second kappa shape index (κ2) is 9.41. The SMILES string of the molecule is CN(C)c1ccc(-c2nc3c(N4CCN(CCc5ccccc5)CC4)c(Cl)cnc3[nH]2)cc1. The lowest BCUT2D eigenvalue weighted by Gasteiger charge is -2.36. The number of aromatic nitrogens is 3. The van der Waals surface area contributed by atoms with Gasteiger partial charge in [-0.15, -0.1) is 0 Å². The first kappa shape index (κ1) is 21.7. The maximum absolute atomic E-state index is 6.65. The lowest BCUT2D eigenvalue weighted by molar-refractivity contribution is 0.261. The van der Waals surface area contributed by atoms with Gasteiger partial charge in [0.05, 0.1) is 16.9 Å². The summed E-state index contributed by atoms with van der Waals surface area (Å²) >= 11 is 6.65. The number of nitrogens with zero attached hydrogens (tertiary/aromatic N) is 5. The van der Waals surface area contributed by atoms with Crippen LogP contribution in [0.3, 0.4) is 0 Å². The Morgan fingerprint density at radius 1 is 0.970 bits per heavy atom. The van der Waals surface area contributed by atoms with Crippen molar-refractivity contribution in [1.82, 2.24) is 19.9 Å². The van der Waals surface area contributed by atoms with Gasteiger partial charge in [-0.1, -0.05) is 41.9 Å². The number of anilines is 2. The summed E-state index contributed by atoms with van der Waals surface area (Å²) < 4.78 is 0. The quantitative estimate of drug-likeness (QED) is 0.451. The molecule has 0 amide bonds. The van der Waals surface area contributed by atoms with E-state index in [-0.39, 0.29) is 0 Å². The number of H-pyrrole nitrogens is 1. The highest BCUT2D eigenvalue weighted by atomic mass is 35.5. The van der Waals surface area contributed by atoms with E-state index in [0.29, 0.717) is 5.02 Å². The van der Waals surface area contributed by atoms with Crippen LogP contribution in [-0.4, -0.2) is 66.7 Å². The van der Waals surface area contributed by atoms with E-state index >= 15 is 0 Å². The van der Waals surface area contributed by atoms with Crippen LogP contribution in [0, 0.1) is 0 Å². The average Bonchev–Trinajstić information content (AvgIpc) is 3.28. The summed E-state index contributed by atoms with van der Waals surface area (Å²) in [5.74, 6) is 0.813. The number of aromatic amines is 1. The molecular weight excluding hydrogens is 432 g/mol. The van der Waals surface area contributed by atoms with Crippen LogP contribution in [0.1, 0.15) is 5.56 Å². The van der Waals surface area contributed by atoms with Gasteiger partial charge in [-0.3, -0.25) is 4.90 Å². The molecule has 0 atom stereocenters. The number of piperazine rings is 1. The molecule has 7 heteroatoms. The van der Waals surface area contributed by atoms with Gasteiger partial charge < -0.3 is 14.8 Å². The largest absolute Gasteiger partial charge is 0.378 e. The van der Waals surface area contributed by atoms with Gasteiger partial charge in [0.1, 0.15) is 11.3 Å². The van der Waals surface area contributed by atoms with Crippen molar-refractivity contribution in [2.24, 2.45) is 0 Å². The van der Waals surface area contributed by atoms with Crippen LogP contribution in [0.25, 0.3) is 22.6 Å². The summed E-state index contributed by atoms with van der Waals surface area (Å²) in [5.41, 5.74) is 6.17. The molecule has 6 nitrogen and oxygen atoms in total. The van der Waals surface area contributed by atoms with Gasteiger partial charge in [0.25, 0.3) is 0 Å². The standard InChI is InChI=1S/C26H29ClN6/c1-31(2)21-10-8-20(9-11-21)25-29-23-24(22(27)18-28-26(23)30-25)33-16-14-32(15-17-33)13-12-19-6-4-3-5-7-19/h3-11,18H,12-17H2,1-2H3,(H,28,29,30). The summed E-state index contributed by atoms with van der Waals surface area (Å²) in [4.78, 5) is 19.8. The molecule has 1 aliphatic rings. The van der Waals surface area contributed by atoms with Crippen LogP contribution in [0.2, 0.25) is 5.02 Å². The predicted octanol–water partition coefficient (Wildman–Crippen LogP) is 4.71. The summed E-state index contributed by atoms with van der Waals surface area (Å²) in [6, 6.07) is 19.1. The first-order valence-corrected chi connectivity index (χ1v) is 11.8. The first-order valence-electron chi connectivity index (χ1n) is 11.4. The Balaban J connectivity index is 1.32. The second-order valence-electron chi connectivity index (χ2n) is 8.74. The van der Waals surface area contributed by atoms with Gasteiger partial charge in [0.15, 0.2) is 5.65 Å². The lowest BCUT2D eigenvalue weighted by atomic mass is 10.1. The van der Waals surface area contributed by atoms with Gasteiger partial charge in [0.2, 0.25) is 0 Å². The van der Waals surface area contributed by atoms with Crippen molar-refractivity contribution in [3.05, 3.63) is 71.4 Å². The van der Waals surface area contributed by atoms with Crippen LogP contribution in [0.15, 0.2) is 60.8 Å². The molecule has 0 saturated carbocycles. The van der Waals surface area contributed by atoms with Crippen molar-refractivity contribution in [3.8, 4) is 11.4 Å². The van der Waals surface area contributed by atoms with E-state index in [9.17, 15) is 0 Å². The van der Waals surface area contributed by atoms with E-state index in [1.807, 2.05) is 14.1 Å². The number of hydrogen-bond acceptors (Lipinski definition) is 5. The number of halogens is 1. The van der Waals surface area contributed by atoms with Gasteiger partial charge in [-0.25, -0.2) is 9.97 Å². The summed E-state index contributed by atoms with van der Waals surface area (Å²) in [6.07, 6.45) is 2.81. The van der Waals surface area contributed by atoms with Crippen LogP contribution in [0.4, 0.5) is 11.4 Å². The molecule has 1 N–H and O–H groups in total. The van der Waals surface area contributed by atoms with E-state index in [4.69, 9.17) is 16.6 Å². The van der Waals surface area contributed by atoms with E-state index in [2.05, 4.69) is 79.3 Å². The summed E-state index contributed by atoms with van der Waals surface area (Å²) in [7, 11) is 4.08. The zero-order valence-corrected chi connectivity index (χ0v) is 19.9. The number of fused-ring (bicyclic) bond motifs is 1. The summed E-state index contributed by atoms with van der Waals surface area (Å²) in [5, 5.41) is 0.654. The number of rotatable bonds is 6. The molecule has 4 aromatic rings. The Labute approximate surface area is 199 Å². The van der Waals surface area contributed by atoms with Crippen molar-refractivity contribution in [2.75, 3.05) is 56.6 Å². The Hall–Kier alpha value is -3.09. The minimum atomic E-state index is 0.654. The monoisotopic (exact) mass is 460 g/mol. The molecule has 3 heterocycles. The third-order valence-corrected chi connectivity index (χ3v) is 6.62. The maximum atomic E-state index is 6.65. The molecular formula is C26H29ClN6. The Kier molecular flexibility index (Phi) is 6.20. The minimum absolute atomic E-state index is 0.654. The van der Waals surface area contributed by atoms with E-state index in [0.717, 1.165) is 73.1 Å². The molecule has 33 heavy (non-hydrogen) atoms. The van der Waals surface area contributed by atoms with Crippen LogP contribution in [0.5, 0.6) is 0 Å². The molecule has 2 aromatic heterocycles. The fraction of sp³-hybridized carbons (Fsp3) is 0.308. The Bertz CT molecular complexity index is 1210. The molecule has 0 bridgehead atoms. The second-order valence-corrected chi connectivity index (χ2v) is 9.15. The van der Waals surface area contributed by atoms with Crippen LogP contribution < -0.4 is 9.80 Å². The molecule has 0 radical (unpaired) electrons. The van der Waals surface area contributed by atoms with Crippen molar-refractivity contribution in [1.29, 1.82) is 0 Å². The smallest absolute Gasteiger partial charge is 0.159 e. The third-order valence-electron chi connectivity index (χ3n) is 6.35.